The second-order valence-electron chi connectivity index (χ2n) is 7.64. The number of piperazine rings is 1. The van der Waals surface area contributed by atoms with Gasteiger partial charge in [0, 0.05) is 44.3 Å². The highest BCUT2D eigenvalue weighted by molar-refractivity contribution is 7.91. The molecular weight excluding hydrogens is 412 g/mol. The molecule has 3 rings (SSSR count). The lowest BCUT2D eigenvalue weighted by molar-refractivity contribution is -0.131. The van der Waals surface area contributed by atoms with Crippen LogP contribution in [0.1, 0.15) is 18.9 Å². The maximum absolute atomic E-state index is 12.6. The standard InChI is InChI=1S/C20H29ClN4O3S/c1-2-22-20(23-14-17-6-11-29(27,28)15-17)25-9-7-24(8-10-25)19(26)13-16-4-3-5-18(21)12-16/h3-5,12,17H,2,6-11,13-15H2,1H3,(H,22,23). The summed E-state index contributed by atoms with van der Waals surface area (Å²) in [5.74, 6) is 1.52. The molecule has 1 atom stereocenters. The van der Waals surface area contributed by atoms with E-state index in [1.165, 1.54) is 0 Å². The van der Waals surface area contributed by atoms with Crippen molar-refractivity contribution >= 4 is 33.3 Å². The van der Waals surface area contributed by atoms with E-state index >= 15 is 0 Å². The highest BCUT2D eigenvalue weighted by Crippen LogP contribution is 2.19. The zero-order chi connectivity index (χ0) is 20.9. The van der Waals surface area contributed by atoms with Crippen LogP contribution in [0.5, 0.6) is 0 Å². The quantitative estimate of drug-likeness (QED) is 0.553. The van der Waals surface area contributed by atoms with Gasteiger partial charge in [0.2, 0.25) is 5.91 Å². The fourth-order valence-electron chi connectivity index (χ4n) is 3.76. The van der Waals surface area contributed by atoms with Crippen molar-refractivity contribution < 1.29 is 13.2 Å². The summed E-state index contributed by atoms with van der Waals surface area (Å²) in [5, 5.41) is 3.94. The Morgan fingerprint density at radius 1 is 1.24 bits per heavy atom. The number of amides is 1. The van der Waals surface area contributed by atoms with Gasteiger partial charge in [-0.15, -0.1) is 0 Å². The van der Waals surface area contributed by atoms with Crippen LogP contribution in [-0.2, 0) is 21.1 Å². The molecular formula is C20H29ClN4O3S. The van der Waals surface area contributed by atoms with Crippen molar-refractivity contribution in [2.45, 2.75) is 19.8 Å². The van der Waals surface area contributed by atoms with Gasteiger partial charge in [0.15, 0.2) is 15.8 Å². The molecule has 0 bridgehead atoms. The number of aliphatic imine (C=N–C) groups is 1. The van der Waals surface area contributed by atoms with E-state index in [0.29, 0.717) is 50.6 Å². The number of rotatable bonds is 5. The molecule has 1 aromatic rings. The first-order valence-electron chi connectivity index (χ1n) is 10.1. The number of hydrogen-bond acceptors (Lipinski definition) is 4. The molecule has 0 aromatic heterocycles. The first-order chi connectivity index (χ1) is 13.9. The number of carbonyl (C=O) groups excluding carboxylic acids is 1. The molecule has 2 aliphatic rings. The Kier molecular flexibility index (Phi) is 7.40. The fraction of sp³-hybridized carbons (Fsp3) is 0.600. The van der Waals surface area contributed by atoms with Gasteiger partial charge >= 0.3 is 0 Å². The SMILES string of the molecule is CCNC(=NCC1CCS(=O)(=O)C1)N1CCN(C(=O)Cc2cccc(Cl)c2)CC1. The molecule has 0 spiro atoms. The van der Waals surface area contributed by atoms with Gasteiger partial charge in [-0.2, -0.15) is 0 Å². The lowest BCUT2D eigenvalue weighted by Gasteiger charge is -2.36. The Bertz CT molecular complexity index is 851. The molecule has 2 aliphatic heterocycles. The minimum atomic E-state index is -2.88. The van der Waals surface area contributed by atoms with Gasteiger partial charge in [-0.05, 0) is 37.0 Å². The van der Waals surface area contributed by atoms with Crippen LogP contribution in [0.3, 0.4) is 0 Å². The van der Waals surface area contributed by atoms with E-state index < -0.39 is 9.84 Å². The van der Waals surface area contributed by atoms with Crippen LogP contribution in [0.25, 0.3) is 0 Å². The fourth-order valence-corrected chi connectivity index (χ4v) is 5.82. The van der Waals surface area contributed by atoms with Gasteiger partial charge in [0.25, 0.3) is 0 Å². The lowest BCUT2D eigenvalue weighted by Crippen LogP contribution is -2.54. The topological polar surface area (TPSA) is 82.1 Å². The summed E-state index contributed by atoms with van der Waals surface area (Å²) in [6.07, 6.45) is 1.04. The minimum Gasteiger partial charge on any atom is -0.357 e. The van der Waals surface area contributed by atoms with Crippen molar-refractivity contribution in [2.75, 3.05) is 50.8 Å². The van der Waals surface area contributed by atoms with Gasteiger partial charge in [-0.3, -0.25) is 9.79 Å². The Hall–Kier alpha value is -1.80. The van der Waals surface area contributed by atoms with Crippen LogP contribution in [0.4, 0.5) is 0 Å². The van der Waals surface area contributed by atoms with Crippen molar-refractivity contribution in [3.05, 3.63) is 34.9 Å². The van der Waals surface area contributed by atoms with Crippen LogP contribution in [0.15, 0.2) is 29.3 Å². The molecule has 0 aliphatic carbocycles. The van der Waals surface area contributed by atoms with Crippen molar-refractivity contribution in [3.63, 3.8) is 0 Å². The van der Waals surface area contributed by atoms with Gasteiger partial charge in [-0.1, -0.05) is 23.7 Å². The zero-order valence-electron chi connectivity index (χ0n) is 16.8. The van der Waals surface area contributed by atoms with Gasteiger partial charge in [0.05, 0.1) is 17.9 Å². The normalized spacial score (nSPS) is 22.0. The lowest BCUT2D eigenvalue weighted by atomic mass is 10.1. The molecule has 0 saturated carbocycles. The third-order valence-corrected chi connectivity index (χ3v) is 7.41. The molecule has 1 N–H and O–H groups in total. The molecule has 1 amide bonds. The molecule has 2 fully saturated rings. The van der Waals surface area contributed by atoms with Crippen LogP contribution < -0.4 is 5.32 Å². The van der Waals surface area contributed by atoms with Crippen molar-refractivity contribution in [2.24, 2.45) is 10.9 Å². The zero-order valence-corrected chi connectivity index (χ0v) is 18.4. The van der Waals surface area contributed by atoms with Crippen molar-refractivity contribution in [1.29, 1.82) is 0 Å². The van der Waals surface area contributed by atoms with E-state index in [9.17, 15) is 13.2 Å². The average molecular weight is 441 g/mol. The molecule has 29 heavy (non-hydrogen) atoms. The first kappa shape index (κ1) is 21.9. The van der Waals surface area contributed by atoms with E-state index in [4.69, 9.17) is 11.6 Å². The number of benzene rings is 1. The molecule has 1 aromatic carbocycles. The predicted molar refractivity (Wildman–Crippen MR) is 116 cm³/mol. The molecule has 0 radical (unpaired) electrons. The maximum atomic E-state index is 12.6. The van der Waals surface area contributed by atoms with Crippen LogP contribution in [0.2, 0.25) is 5.02 Å². The molecule has 1 unspecified atom stereocenters. The summed E-state index contributed by atoms with van der Waals surface area (Å²) in [6.45, 7) is 5.97. The summed E-state index contributed by atoms with van der Waals surface area (Å²) >= 11 is 6.01. The maximum Gasteiger partial charge on any atom is 0.227 e. The monoisotopic (exact) mass is 440 g/mol. The van der Waals surface area contributed by atoms with Crippen molar-refractivity contribution in [1.82, 2.24) is 15.1 Å². The Balaban J connectivity index is 1.53. The number of carbonyl (C=O) groups is 1. The second-order valence-corrected chi connectivity index (χ2v) is 10.3. The second kappa shape index (κ2) is 9.80. The van der Waals surface area contributed by atoms with Crippen LogP contribution in [-0.4, -0.2) is 80.9 Å². The van der Waals surface area contributed by atoms with E-state index in [2.05, 4.69) is 15.2 Å². The third-order valence-electron chi connectivity index (χ3n) is 5.34. The minimum absolute atomic E-state index is 0.102. The number of halogens is 1. The van der Waals surface area contributed by atoms with Gasteiger partial charge < -0.3 is 15.1 Å². The van der Waals surface area contributed by atoms with Crippen LogP contribution >= 0.6 is 11.6 Å². The Morgan fingerprint density at radius 3 is 2.59 bits per heavy atom. The molecule has 160 valence electrons. The van der Waals surface area contributed by atoms with Crippen molar-refractivity contribution in [3.8, 4) is 0 Å². The van der Waals surface area contributed by atoms with Gasteiger partial charge in [0.1, 0.15) is 0 Å². The predicted octanol–water partition coefficient (Wildman–Crippen LogP) is 1.43. The van der Waals surface area contributed by atoms with Crippen LogP contribution in [0, 0.1) is 5.92 Å². The number of nitrogens with zero attached hydrogens (tertiary/aromatic N) is 3. The Labute approximate surface area is 178 Å². The first-order valence-corrected chi connectivity index (χ1v) is 12.3. The smallest absolute Gasteiger partial charge is 0.227 e. The molecule has 7 nitrogen and oxygen atoms in total. The highest BCUT2D eigenvalue weighted by Gasteiger charge is 2.28. The number of nitrogens with one attached hydrogen (secondary N) is 1. The number of hydrogen-bond donors (Lipinski definition) is 1. The average Bonchev–Trinajstić information content (AvgIpc) is 3.04. The summed E-state index contributed by atoms with van der Waals surface area (Å²) in [7, 11) is -2.88. The summed E-state index contributed by atoms with van der Waals surface area (Å²) in [5.41, 5.74) is 0.923. The van der Waals surface area contributed by atoms with E-state index in [1.807, 2.05) is 30.0 Å². The Morgan fingerprint density at radius 2 is 1.97 bits per heavy atom. The largest absolute Gasteiger partial charge is 0.357 e. The molecule has 2 saturated heterocycles. The number of sulfone groups is 1. The van der Waals surface area contributed by atoms with E-state index in [1.54, 1.807) is 6.07 Å². The molecule has 9 heteroatoms. The third kappa shape index (κ3) is 6.34. The summed E-state index contributed by atoms with van der Waals surface area (Å²) < 4.78 is 23.3. The van der Waals surface area contributed by atoms with E-state index in [-0.39, 0.29) is 23.3 Å². The summed E-state index contributed by atoms with van der Waals surface area (Å²) in [6, 6.07) is 7.41. The molecule has 2 heterocycles. The highest BCUT2D eigenvalue weighted by atomic mass is 35.5. The van der Waals surface area contributed by atoms with Gasteiger partial charge in [-0.25, -0.2) is 8.42 Å². The van der Waals surface area contributed by atoms with E-state index in [0.717, 1.165) is 18.1 Å². The summed E-state index contributed by atoms with van der Waals surface area (Å²) in [4.78, 5) is 21.3. The number of guanidine groups is 1.